The lowest BCUT2D eigenvalue weighted by molar-refractivity contribution is -0.126. The van der Waals surface area contributed by atoms with Gasteiger partial charge in [-0.1, -0.05) is 36.4 Å². The second-order valence-electron chi connectivity index (χ2n) is 5.22. The van der Waals surface area contributed by atoms with E-state index in [4.69, 9.17) is 4.74 Å². The smallest absolute Gasteiger partial charge is 0.246 e. The van der Waals surface area contributed by atoms with Crippen LogP contribution in [0, 0.1) is 5.82 Å². The fourth-order valence-electron chi connectivity index (χ4n) is 2.30. The summed E-state index contributed by atoms with van der Waals surface area (Å²) in [4.78, 5) is 13.9. The molecule has 4 heteroatoms. The fraction of sp³-hybridized carbons (Fsp3) is 0.211. The number of hydrogen-bond donors (Lipinski definition) is 0. The third-order valence-electron chi connectivity index (χ3n) is 3.83. The maximum absolute atomic E-state index is 13.6. The van der Waals surface area contributed by atoms with Crippen molar-refractivity contribution in [3.05, 3.63) is 71.6 Å². The molecule has 1 atom stereocenters. The number of nitrogens with zero attached hydrogens (tertiary/aromatic N) is 1. The molecular formula is C19H20FNO2. The van der Waals surface area contributed by atoms with Gasteiger partial charge in [-0.15, -0.1) is 0 Å². The van der Waals surface area contributed by atoms with Gasteiger partial charge in [-0.25, -0.2) is 4.39 Å². The van der Waals surface area contributed by atoms with E-state index in [2.05, 4.69) is 0 Å². The molecular weight excluding hydrogens is 293 g/mol. The summed E-state index contributed by atoms with van der Waals surface area (Å²) >= 11 is 0. The summed E-state index contributed by atoms with van der Waals surface area (Å²) in [6.07, 6.45) is 2.87. The molecule has 1 unspecified atom stereocenters. The summed E-state index contributed by atoms with van der Waals surface area (Å²) in [5.41, 5.74) is 1.31. The Balaban J connectivity index is 2.14. The summed E-state index contributed by atoms with van der Waals surface area (Å²) < 4.78 is 18.9. The van der Waals surface area contributed by atoms with Crippen molar-refractivity contribution >= 4 is 12.0 Å². The molecule has 1 amide bonds. The molecule has 0 saturated carbocycles. The van der Waals surface area contributed by atoms with E-state index in [0.717, 1.165) is 11.3 Å². The highest BCUT2D eigenvalue weighted by Crippen LogP contribution is 2.28. The molecule has 2 rings (SSSR count). The van der Waals surface area contributed by atoms with Crippen LogP contribution in [0.5, 0.6) is 5.75 Å². The van der Waals surface area contributed by atoms with Crippen LogP contribution in [0.15, 0.2) is 54.6 Å². The Hall–Kier alpha value is -2.62. The first kappa shape index (κ1) is 16.7. The van der Waals surface area contributed by atoms with Gasteiger partial charge in [0.1, 0.15) is 11.6 Å². The van der Waals surface area contributed by atoms with E-state index in [1.54, 1.807) is 37.3 Å². The van der Waals surface area contributed by atoms with Crippen LogP contribution in [-0.4, -0.2) is 25.0 Å². The fourth-order valence-corrected chi connectivity index (χ4v) is 2.30. The number of para-hydroxylation sites is 1. The van der Waals surface area contributed by atoms with Crippen molar-refractivity contribution in [2.75, 3.05) is 14.2 Å². The summed E-state index contributed by atoms with van der Waals surface area (Å²) in [5.74, 6) is 0.182. The number of carbonyl (C=O) groups is 1. The number of halogens is 1. The van der Waals surface area contributed by atoms with E-state index in [9.17, 15) is 9.18 Å². The molecule has 0 aliphatic carbocycles. The van der Waals surface area contributed by atoms with Gasteiger partial charge in [0, 0.05) is 24.3 Å². The summed E-state index contributed by atoms with van der Waals surface area (Å²) in [6.45, 7) is 1.92. The lowest BCUT2D eigenvalue weighted by Crippen LogP contribution is -2.28. The van der Waals surface area contributed by atoms with Gasteiger partial charge in [-0.3, -0.25) is 4.79 Å². The predicted octanol–water partition coefficient (Wildman–Crippen LogP) is 4.07. The highest BCUT2D eigenvalue weighted by Gasteiger charge is 2.18. The summed E-state index contributed by atoms with van der Waals surface area (Å²) in [6, 6.07) is 13.8. The minimum absolute atomic E-state index is 0.163. The Labute approximate surface area is 136 Å². The van der Waals surface area contributed by atoms with E-state index in [-0.39, 0.29) is 17.8 Å². The van der Waals surface area contributed by atoms with Crippen LogP contribution in [0.25, 0.3) is 6.08 Å². The van der Waals surface area contributed by atoms with E-state index in [0.29, 0.717) is 5.56 Å². The van der Waals surface area contributed by atoms with Gasteiger partial charge < -0.3 is 9.64 Å². The van der Waals surface area contributed by atoms with E-state index in [1.165, 1.54) is 18.2 Å². The van der Waals surface area contributed by atoms with E-state index < -0.39 is 0 Å². The molecule has 0 bridgehead atoms. The number of rotatable bonds is 5. The molecule has 0 N–H and O–H groups in total. The quantitative estimate of drug-likeness (QED) is 0.779. The Morgan fingerprint density at radius 1 is 1.17 bits per heavy atom. The lowest BCUT2D eigenvalue weighted by Gasteiger charge is -2.25. The third-order valence-corrected chi connectivity index (χ3v) is 3.83. The first-order chi connectivity index (χ1) is 11.0. The SMILES string of the molecule is COc1ccccc1C(C)N(C)C(=O)/C=C/c1ccccc1F. The van der Waals surface area contributed by atoms with Crippen LogP contribution in [0.4, 0.5) is 4.39 Å². The normalized spacial score (nSPS) is 12.2. The Morgan fingerprint density at radius 3 is 2.52 bits per heavy atom. The van der Waals surface area contributed by atoms with Gasteiger partial charge in [0.25, 0.3) is 0 Å². The average molecular weight is 313 g/mol. The maximum Gasteiger partial charge on any atom is 0.246 e. The zero-order chi connectivity index (χ0) is 16.8. The van der Waals surface area contributed by atoms with E-state index >= 15 is 0 Å². The van der Waals surface area contributed by atoms with E-state index in [1.807, 2.05) is 31.2 Å². The Bertz CT molecular complexity index is 712. The maximum atomic E-state index is 13.6. The standard InChI is InChI=1S/C19H20FNO2/c1-14(16-9-5-7-11-18(16)23-3)21(2)19(22)13-12-15-8-4-6-10-17(15)20/h4-14H,1-3H3/b13-12+. The van der Waals surface area contributed by atoms with Crippen molar-refractivity contribution in [1.82, 2.24) is 4.90 Å². The van der Waals surface area contributed by atoms with Gasteiger partial charge in [-0.05, 0) is 25.1 Å². The Kier molecular flexibility index (Phi) is 5.52. The first-order valence-electron chi connectivity index (χ1n) is 7.37. The molecule has 0 saturated heterocycles. The van der Waals surface area contributed by atoms with Crippen molar-refractivity contribution in [2.45, 2.75) is 13.0 Å². The molecule has 3 nitrogen and oxygen atoms in total. The number of hydrogen-bond acceptors (Lipinski definition) is 2. The molecule has 0 heterocycles. The molecule has 2 aromatic carbocycles. The molecule has 0 aromatic heterocycles. The van der Waals surface area contributed by atoms with Crippen LogP contribution in [-0.2, 0) is 4.79 Å². The number of methoxy groups -OCH3 is 1. The summed E-state index contributed by atoms with van der Waals surface area (Å²) in [7, 11) is 3.32. The van der Waals surface area contributed by atoms with Gasteiger partial charge in [0.05, 0.1) is 13.2 Å². The minimum atomic E-state index is -0.350. The van der Waals surface area contributed by atoms with Crippen LogP contribution in [0.1, 0.15) is 24.1 Å². The molecule has 23 heavy (non-hydrogen) atoms. The predicted molar refractivity (Wildman–Crippen MR) is 89.6 cm³/mol. The number of carbonyl (C=O) groups excluding carboxylic acids is 1. The van der Waals surface area contributed by atoms with Crippen LogP contribution >= 0.6 is 0 Å². The van der Waals surface area contributed by atoms with Gasteiger partial charge >= 0.3 is 0 Å². The molecule has 0 spiro atoms. The Morgan fingerprint density at radius 2 is 1.83 bits per heavy atom. The number of likely N-dealkylation sites (N-methyl/N-ethyl adjacent to an activating group) is 1. The van der Waals surface area contributed by atoms with Crippen molar-refractivity contribution in [2.24, 2.45) is 0 Å². The van der Waals surface area contributed by atoms with Crippen molar-refractivity contribution < 1.29 is 13.9 Å². The average Bonchev–Trinajstić information content (AvgIpc) is 2.59. The van der Waals surface area contributed by atoms with Crippen molar-refractivity contribution in [3.8, 4) is 5.75 Å². The van der Waals surface area contributed by atoms with Gasteiger partial charge in [-0.2, -0.15) is 0 Å². The minimum Gasteiger partial charge on any atom is -0.496 e. The van der Waals surface area contributed by atoms with Gasteiger partial charge in [0.2, 0.25) is 5.91 Å². The molecule has 2 aromatic rings. The van der Waals surface area contributed by atoms with Crippen LogP contribution < -0.4 is 4.74 Å². The second kappa shape index (κ2) is 7.58. The third kappa shape index (κ3) is 3.97. The molecule has 0 aliphatic heterocycles. The number of amides is 1. The molecule has 120 valence electrons. The topological polar surface area (TPSA) is 29.5 Å². The zero-order valence-corrected chi connectivity index (χ0v) is 13.5. The highest BCUT2D eigenvalue weighted by atomic mass is 19.1. The molecule has 0 aliphatic rings. The first-order valence-corrected chi connectivity index (χ1v) is 7.37. The number of benzene rings is 2. The molecule has 0 fully saturated rings. The monoisotopic (exact) mass is 313 g/mol. The lowest BCUT2D eigenvalue weighted by atomic mass is 10.1. The van der Waals surface area contributed by atoms with Crippen LogP contribution in [0.2, 0.25) is 0 Å². The van der Waals surface area contributed by atoms with Gasteiger partial charge in [0.15, 0.2) is 0 Å². The number of ether oxygens (including phenoxy) is 1. The molecule has 0 radical (unpaired) electrons. The van der Waals surface area contributed by atoms with Crippen molar-refractivity contribution in [3.63, 3.8) is 0 Å². The highest BCUT2D eigenvalue weighted by molar-refractivity contribution is 5.91. The zero-order valence-electron chi connectivity index (χ0n) is 13.5. The second-order valence-corrected chi connectivity index (χ2v) is 5.22. The largest absolute Gasteiger partial charge is 0.496 e. The van der Waals surface area contributed by atoms with Crippen LogP contribution in [0.3, 0.4) is 0 Å². The summed E-state index contributed by atoms with van der Waals surface area (Å²) in [5, 5.41) is 0. The van der Waals surface area contributed by atoms with Crippen molar-refractivity contribution in [1.29, 1.82) is 0 Å².